The lowest BCUT2D eigenvalue weighted by molar-refractivity contribution is 0.455. The SMILES string of the molecule is Cc1cccc(C)c1Oc1ccccc1NCc1nnc(C2CC2)o1. The summed E-state index contributed by atoms with van der Waals surface area (Å²) in [5.41, 5.74) is 3.12. The van der Waals surface area contributed by atoms with Gasteiger partial charge in [0.1, 0.15) is 5.75 Å². The van der Waals surface area contributed by atoms with Gasteiger partial charge in [0.25, 0.3) is 0 Å². The fourth-order valence-corrected chi connectivity index (χ4v) is 2.78. The molecule has 2 aromatic carbocycles. The normalized spacial score (nSPS) is 13.7. The van der Waals surface area contributed by atoms with Gasteiger partial charge in [0, 0.05) is 5.92 Å². The highest BCUT2D eigenvalue weighted by Gasteiger charge is 2.29. The zero-order chi connectivity index (χ0) is 17.2. The Morgan fingerprint density at radius 3 is 2.56 bits per heavy atom. The summed E-state index contributed by atoms with van der Waals surface area (Å²) in [5.74, 6) is 3.51. The summed E-state index contributed by atoms with van der Waals surface area (Å²) in [6.45, 7) is 4.58. The number of benzene rings is 2. The minimum absolute atomic E-state index is 0.473. The minimum atomic E-state index is 0.473. The highest BCUT2D eigenvalue weighted by Crippen LogP contribution is 2.39. The van der Waals surface area contributed by atoms with Crippen LogP contribution in [0, 0.1) is 13.8 Å². The predicted octanol–water partition coefficient (Wildman–Crippen LogP) is 4.97. The van der Waals surface area contributed by atoms with Crippen molar-refractivity contribution in [1.29, 1.82) is 0 Å². The molecule has 1 aromatic heterocycles. The van der Waals surface area contributed by atoms with Crippen LogP contribution in [0.1, 0.15) is 41.7 Å². The van der Waals surface area contributed by atoms with Crippen molar-refractivity contribution in [3.8, 4) is 11.5 Å². The molecule has 0 unspecified atom stereocenters. The monoisotopic (exact) mass is 335 g/mol. The summed E-state index contributed by atoms with van der Waals surface area (Å²) < 4.78 is 11.9. The standard InChI is InChI=1S/C20H21N3O2/c1-13-6-5-7-14(2)19(13)24-17-9-4-3-8-16(17)21-12-18-22-23-20(25-18)15-10-11-15/h3-9,15,21H,10-12H2,1-2H3. The molecular weight excluding hydrogens is 314 g/mol. The van der Waals surface area contributed by atoms with E-state index in [2.05, 4.69) is 41.5 Å². The molecule has 0 spiro atoms. The van der Waals surface area contributed by atoms with E-state index < -0.39 is 0 Å². The van der Waals surface area contributed by atoms with Gasteiger partial charge in [-0.25, -0.2) is 0 Å². The number of para-hydroxylation sites is 3. The highest BCUT2D eigenvalue weighted by atomic mass is 16.5. The number of hydrogen-bond donors (Lipinski definition) is 1. The first-order valence-corrected chi connectivity index (χ1v) is 8.60. The first-order chi connectivity index (χ1) is 12.2. The summed E-state index contributed by atoms with van der Waals surface area (Å²) in [5, 5.41) is 11.6. The van der Waals surface area contributed by atoms with Crippen LogP contribution in [0.4, 0.5) is 5.69 Å². The Morgan fingerprint density at radius 1 is 1.04 bits per heavy atom. The van der Waals surface area contributed by atoms with Crippen LogP contribution in [0.25, 0.3) is 0 Å². The topological polar surface area (TPSA) is 60.2 Å². The van der Waals surface area contributed by atoms with E-state index >= 15 is 0 Å². The molecule has 0 radical (unpaired) electrons. The van der Waals surface area contributed by atoms with Crippen molar-refractivity contribution in [2.24, 2.45) is 0 Å². The Hall–Kier alpha value is -2.82. The summed E-state index contributed by atoms with van der Waals surface area (Å²) in [4.78, 5) is 0. The Bertz CT molecular complexity index is 864. The van der Waals surface area contributed by atoms with E-state index in [4.69, 9.17) is 9.15 Å². The molecule has 1 aliphatic rings. The molecule has 0 bridgehead atoms. The van der Waals surface area contributed by atoms with Gasteiger partial charge in [-0.2, -0.15) is 0 Å². The number of hydrogen-bond acceptors (Lipinski definition) is 5. The number of aromatic nitrogens is 2. The van der Waals surface area contributed by atoms with Crippen molar-refractivity contribution in [1.82, 2.24) is 10.2 Å². The van der Waals surface area contributed by atoms with E-state index in [-0.39, 0.29) is 0 Å². The van der Waals surface area contributed by atoms with Gasteiger partial charge in [-0.3, -0.25) is 0 Å². The maximum absolute atomic E-state index is 6.18. The molecule has 5 nitrogen and oxygen atoms in total. The zero-order valence-corrected chi connectivity index (χ0v) is 14.5. The van der Waals surface area contributed by atoms with Gasteiger partial charge in [0.05, 0.1) is 12.2 Å². The van der Waals surface area contributed by atoms with Crippen LogP contribution < -0.4 is 10.1 Å². The lowest BCUT2D eigenvalue weighted by atomic mass is 10.1. The average molecular weight is 335 g/mol. The van der Waals surface area contributed by atoms with Gasteiger partial charge in [0.15, 0.2) is 5.75 Å². The number of ether oxygens (including phenoxy) is 1. The van der Waals surface area contributed by atoms with E-state index in [0.717, 1.165) is 47.0 Å². The van der Waals surface area contributed by atoms with E-state index in [9.17, 15) is 0 Å². The predicted molar refractivity (Wildman–Crippen MR) is 96.0 cm³/mol. The first-order valence-electron chi connectivity index (χ1n) is 8.60. The second kappa shape index (κ2) is 6.59. The van der Waals surface area contributed by atoms with E-state index in [1.54, 1.807) is 0 Å². The maximum Gasteiger partial charge on any atom is 0.235 e. The van der Waals surface area contributed by atoms with Crippen LogP contribution in [0.2, 0.25) is 0 Å². The van der Waals surface area contributed by atoms with Crippen molar-refractivity contribution < 1.29 is 9.15 Å². The van der Waals surface area contributed by atoms with Crippen molar-refractivity contribution in [2.45, 2.75) is 39.2 Å². The molecule has 1 saturated carbocycles. The summed E-state index contributed by atoms with van der Waals surface area (Å²) in [6, 6.07) is 14.0. The van der Waals surface area contributed by atoms with E-state index in [1.807, 2.05) is 30.3 Å². The van der Waals surface area contributed by atoms with Gasteiger partial charge < -0.3 is 14.5 Å². The van der Waals surface area contributed by atoms with E-state index in [0.29, 0.717) is 18.4 Å². The summed E-state index contributed by atoms with van der Waals surface area (Å²) in [6.07, 6.45) is 2.31. The van der Waals surface area contributed by atoms with E-state index in [1.165, 1.54) is 0 Å². The smallest absolute Gasteiger partial charge is 0.235 e. The lowest BCUT2D eigenvalue weighted by Crippen LogP contribution is -2.02. The fourth-order valence-electron chi connectivity index (χ4n) is 2.78. The van der Waals surface area contributed by atoms with Crippen molar-refractivity contribution >= 4 is 5.69 Å². The maximum atomic E-state index is 6.18. The summed E-state index contributed by atoms with van der Waals surface area (Å²) in [7, 11) is 0. The van der Waals surface area contributed by atoms with Gasteiger partial charge in [-0.1, -0.05) is 30.3 Å². The minimum Gasteiger partial charge on any atom is -0.455 e. The molecule has 1 N–H and O–H groups in total. The summed E-state index contributed by atoms with van der Waals surface area (Å²) >= 11 is 0. The van der Waals surface area contributed by atoms with Gasteiger partial charge in [-0.05, 0) is 49.9 Å². The number of nitrogens with zero attached hydrogens (tertiary/aromatic N) is 2. The molecule has 4 rings (SSSR count). The van der Waals surface area contributed by atoms with Crippen LogP contribution in [-0.2, 0) is 6.54 Å². The number of anilines is 1. The molecule has 128 valence electrons. The third-order valence-corrected chi connectivity index (χ3v) is 4.35. The number of nitrogens with one attached hydrogen (secondary N) is 1. The molecule has 3 aromatic rings. The number of rotatable bonds is 6. The Balaban J connectivity index is 1.50. The molecular formula is C20H21N3O2. The zero-order valence-electron chi connectivity index (χ0n) is 14.5. The average Bonchev–Trinajstić information content (AvgIpc) is 3.36. The molecule has 1 heterocycles. The molecule has 25 heavy (non-hydrogen) atoms. The second-order valence-corrected chi connectivity index (χ2v) is 6.48. The van der Waals surface area contributed by atoms with Crippen LogP contribution in [0.3, 0.4) is 0 Å². The molecule has 0 amide bonds. The second-order valence-electron chi connectivity index (χ2n) is 6.48. The third-order valence-electron chi connectivity index (χ3n) is 4.35. The Kier molecular flexibility index (Phi) is 4.14. The van der Waals surface area contributed by atoms with Crippen LogP contribution >= 0.6 is 0 Å². The van der Waals surface area contributed by atoms with Crippen molar-refractivity contribution in [3.05, 3.63) is 65.4 Å². The molecule has 0 aliphatic heterocycles. The van der Waals surface area contributed by atoms with Crippen LogP contribution in [-0.4, -0.2) is 10.2 Å². The van der Waals surface area contributed by atoms with Gasteiger partial charge in [-0.15, -0.1) is 10.2 Å². The van der Waals surface area contributed by atoms with Crippen LogP contribution in [0.15, 0.2) is 46.9 Å². The Morgan fingerprint density at radius 2 is 1.80 bits per heavy atom. The van der Waals surface area contributed by atoms with Crippen molar-refractivity contribution in [2.75, 3.05) is 5.32 Å². The van der Waals surface area contributed by atoms with Crippen LogP contribution in [0.5, 0.6) is 11.5 Å². The fraction of sp³-hybridized carbons (Fsp3) is 0.300. The number of aryl methyl sites for hydroxylation is 2. The quantitative estimate of drug-likeness (QED) is 0.689. The Labute approximate surface area is 147 Å². The van der Waals surface area contributed by atoms with Gasteiger partial charge >= 0.3 is 0 Å². The van der Waals surface area contributed by atoms with Crippen molar-refractivity contribution in [3.63, 3.8) is 0 Å². The molecule has 0 atom stereocenters. The van der Waals surface area contributed by atoms with Gasteiger partial charge in [0.2, 0.25) is 11.8 Å². The molecule has 0 saturated heterocycles. The largest absolute Gasteiger partial charge is 0.455 e. The third kappa shape index (κ3) is 3.50. The molecule has 1 fully saturated rings. The molecule has 5 heteroatoms. The first kappa shape index (κ1) is 15.7. The molecule has 1 aliphatic carbocycles. The lowest BCUT2D eigenvalue weighted by Gasteiger charge is -2.15. The highest BCUT2D eigenvalue weighted by molar-refractivity contribution is 5.58.